The summed E-state index contributed by atoms with van der Waals surface area (Å²) in [5.74, 6) is 0. The molecule has 0 saturated carbocycles. The van der Waals surface area contributed by atoms with Crippen LogP contribution in [0.2, 0.25) is 0 Å². The van der Waals surface area contributed by atoms with Crippen molar-refractivity contribution in [3.05, 3.63) is 83.8 Å². The third-order valence-corrected chi connectivity index (χ3v) is 6.39. The van der Waals surface area contributed by atoms with Gasteiger partial charge in [-0.15, -0.1) is 20.5 Å². The summed E-state index contributed by atoms with van der Waals surface area (Å²) in [6, 6.07) is 23.6. The van der Waals surface area contributed by atoms with Gasteiger partial charge >= 0.3 is 12.4 Å². The van der Waals surface area contributed by atoms with E-state index in [2.05, 4.69) is 89.0 Å². The summed E-state index contributed by atoms with van der Waals surface area (Å²) in [5, 5.41) is 2.25. The molecular weight excluding hydrogens is 350 g/mol. The lowest BCUT2D eigenvalue weighted by Gasteiger charge is -2.03. The quantitative estimate of drug-likeness (QED) is 0.237. The summed E-state index contributed by atoms with van der Waals surface area (Å²) in [4.78, 5) is 6.27. The second kappa shape index (κ2) is 5.44. The normalized spacial score (nSPS) is 13.4. The van der Waals surface area contributed by atoms with Crippen LogP contribution < -0.4 is 14.5 Å². The van der Waals surface area contributed by atoms with E-state index in [1.54, 1.807) is 0 Å². The van der Waals surface area contributed by atoms with Crippen molar-refractivity contribution in [2.24, 2.45) is 4.99 Å². The Morgan fingerprint density at radius 2 is 1.81 bits per heavy atom. The second-order valence-corrected chi connectivity index (χ2v) is 8.15. The van der Waals surface area contributed by atoms with Gasteiger partial charge in [-0.2, -0.15) is 0 Å². The highest BCUT2D eigenvalue weighted by Gasteiger charge is 2.38. The number of aryl methyl sites for hydroxylation is 1. The van der Waals surface area contributed by atoms with Crippen molar-refractivity contribution in [3.63, 3.8) is 0 Å². The molecule has 27 heavy (non-hydrogen) atoms. The lowest BCUT2D eigenvalue weighted by atomic mass is 10.1. The molecule has 0 spiro atoms. The van der Waals surface area contributed by atoms with Gasteiger partial charge < -0.3 is 0 Å². The van der Waals surface area contributed by atoms with Gasteiger partial charge in [0.25, 0.3) is 5.52 Å². The standard InChI is InChI=1S/C23H17N3S/c1-15-8-10-16(11-9-15)24-18-13-21-23-22-17(18)5-4-12-25(22)14-26(23)19-6-2-3-7-20(19)27-21/h2-13H,14H2,1H3/q+2. The van der Waals surface area contributed by atoms with Gasteiger partial charge in [0.05, 0.1) is 21.1 Å². The zero-order valence-electron chi connectivity index (χ0n) is 14.9. The molecule has 3 nitrogen and oxygen atoms in total. The first kappa shape index (κ1) is 15.0. The minimum absolute atomic E-state index is 0.852. The van der Waals surface area contributed by atoms with Crippen molar-refractivity contribution >= 4 is 38.1 Å². The average molecular weight is 367 g/mol. The molecule has 0 N–H and O–H groups in total. The second-order valence-electron chi connectivity index (χ2n) is 7.07. The van der Waals surface area contributed by atoms with E-state index >= 15 is 0 Å². The molecule has 4 heteroatoms. The third-order valence-electron chi connectivity index (χ3n) is 5.30. The van der Waals surface area contributed by atoms with Crippen molar-refractivity contribution in [3.8, 4) is 10.6 Å². The molecule has 6 rings (SSSR count). The lowest BCUT2D eigenvalue weighted by Crippen LogP contribution is -2.46. The van der Waals surface area contributed by atoms with E-state index in [1.165, 1.54) is 37.3 Å². The van der Waals surface area contributed by atoms with Crippen LogP contribution in [0.1, 0.15) is 5.56 Å². The van der Waals surface area contributed by atoms with Gasteiger partial charge in [0, 0.05) is 12.1 Å². The molecule has 0 saturated heterocycles. The van der Waals surface area contributed by atoms with Gasteiger partial charge in [-0.1, -0.05) is 29.8 Å². The van der Waals surface area contributed by atoms with Crippen LogP contribution in [0.5, 0.6) is 0 Å². The molecule has 3 heterocycles. The summed E-state index contributed by atoms with van der Waals surface area (Å²) >= 11 is 1.85. The molecule has 2 aromatic carbocycles. The Morgan fingerprint density at radius 3 is 2.70 bits per heavy atom. The maximum absolute atomic E-state index is 4.99. The zero-order valence-corrected chi connectivity index (χ0v) is 15.7. The van der Waals surface area contributed by atoms with Gasteiger partial charge in [-0.25, -0.2) is 4.99 Å². The average Bonchev–Trinajstić information content (AvgIpc) is 3.09. The number of pyridine rings is 1. The highest BCUT2D eigenvalue weighted by atomic mass is 32.1. The Hall–Kier alpha value is -3.11. The van der Waals surface area contributed by atoms with Crippen LogP contribution in [0, 0.1) is 6.92 Å². The lowest BCUT2D eigenvalue weighted by molar-refractivity contribution is -0.865. The third kappa shape index (κ3) is 2.17. The number of rotatable bonds is 1. The van der Waals surface area contributed by atoms with Crippen molar-refractivity contribution in [2.45, 2.75) is 13.6 Å². The molecule has 0 atom stereocenters. The summed E-state index contributed by atoms with van der Waals surface area (Å²) in [7, 11) is 0. The predicted molar refractivity (Wildman–Crippen MR) is 108 cm³/mol. The minimum Gasteiger partial charge on any atom is -0.248 e. The summed E-state index contributed by atoms with van der Waals surface area (Å²) in [6.45, 7) is 2.96. The van der Waals surface area contributed by atoms with Gasteiger partial charge in [-0.3, -0.25) is 0 Å². The molecule has 0 amide bonds. The zero-order chi connectivity index (χ0) is 18.0. The maximum Gasteiger partial charge on any atom is 0.345 e. The molecule has 3 aromatic rings. The molecule has 1 aliphatic carbocycles. The van der Waals surface area contributed by atoms with Crippen LogP contribution in [0.25, 0.3) is 31.7 Å². The number of benzene rings is 3. The highest BCUT2D eigenvalue weighted by molar-refractivity contribution is 7.21. The number of hydrogen-bond donors (Lipinski definition) is 0. The highest BCUT2D eigenvalue weighted by Crippen LogP contribution is 2.33. The first-order valence-corrected chi connectivity index (χ1v) is 9.91. The van der Waals surface area contributed by atoms with E-state index in [4.69, 9.17) is 4.99 Å². The van der Waals surface area contributed by atoms with Crippen molar-refractivity contribution < 1.29 is 9.13 Å². The van der Waals surface area contributed by atoms with E-state index in [-0.39, 0.29) is 0 Å². The Labute approximate surface area is 160 Å². The number of hydrogen-bond acceptors (Lipinski definition) is 2. The minimum atomic E-state index is 0.852. The summed E-state index contributed by atoms with van der Waals surface area (Å²) in [6.07, 6.45) is 2.17. The fraction of sp³-hybridized carbons (Fsp3) is 0.0870. The molecule has 128 valence electrons. The Balaban J connectivity index is 1.78. The predicted octanol–water partition coefficient (Wildman–Crippen LogP) is 4.09. The topological polar surface area (TPSA) is 20.1 Å². The Morgan fingerprint density at radius 1 is 0.963 bits per heavy atom. The van der Waals surface area contributed by atoms with Crippen LogP contribution in [0.3, 0.4) is 0 Å². The fourth-order valence-electron chi connectivity index (χ4n) is 4.02. The van der Waals surface area contributed by atoms with Gasteiger partial charge in [0.2, 0.25) is 5.52 Å². The largest absolute Gasteiger partial charge is 0.345 e. The van der Waals surface area contributed by atoms with Crippen LogP contribution in [-0.4, -0.2) is 0 Å². The van der Waals surface area contributed by atoms with Gasteiger partial charge in [0.1, 0.15) is 4.88 Å². The summed E-state index contributed by atoms with van der Waals surface area (Å²) in [5.41, 5.74) is 6.14. The van der Waals surface area contributed by atoms with E-state index in [9.17, 15) is 0 Å². The molecule has 3 aliphatic rings. The summed E-state index contributed by atoms with van der Waals surface area (Å²) < 4.78 is 6.07. The smallest absolute Gasteiger partial charge is 0.248 e. The van der Waals surface area contributed by atoms with E-state index in [0.29, 0.717) is 0 Å². The van der Waals surface area contributed by atoms with Crippen molar-refractivity contribution in [2.75, 3.05) is 0 Å². The molecule has 2 aliphatic heterocycles. The first-order chi connectivity index (χ1) is 13.3. The van der Waals surface area contributed by atoms with Gasteiger partial charge in [-0.05, 0) is 37.3 Å². The van der Waals surface area contributed by atoms with Crippen LogP contribution in [0.15, 0.2) is 77.9 Å². The maximum atomic E-state index is 4.99. The molecular formula is C23H17N3S+2. The molecule has 0 unspecified atom stereocenters. The molecule has 1 aromatic heterocycles. The van der Waals surface area contributed by atoms with Crippen molar-refractivity contribution in [1.29, 1.82) is 0 Å². The molecule has 0 fully saturated rings. The number of nitrogens with zero attached hydrogens (tertiary/aromatic N) is 3. The Kier molecular flexibility index (Phi) is 3.02. The number of fused-ring (bicyclic) bond motifs is 2. The fourth-order valence-corrected chi connectivity index (χ4v) is 5.16. The SMILES string of the molecule is Cc1ccc(N=c2cc3sc4ccccc4[n+]4c-3c3c2ccc[n+]3C4)cc1. The van der Waals surface area contributed by atoms with Crippen LogP contribution >= 0.6 is 11.3 Å². The van der Waals surface area contributed by atoms with Gasteiger partial charge in [0.15, 0.2) is 6.20 Å². The monoisotopic (exact) mass is 367 g/mol. The van der Waals surface area contributed by atoms with E-state index in [1.807, 2.05) is 11.3 Å². The number of para-hydroxylation sites is 1. The number of aromatic nitrogens is 2. The van der Waals surface area contributed by atoms with Crippen LogP contribution in [0.4, 0.5) is 5.69 Å². The van der Waals surface area contributed by atoms with E-state index < -0.39 is 0 Å². The molecule has 0 radical (unpaired) electrons. The molecule has 0 bridgehead atoms. The van der Waals surface area contributed by atoms with Crippen molar-refractivity contribution in [1.82, 2.24) is 0 Å². The van der Waals surface area contributed by atoms with E-state index in [0.717, 1.165) is 17.7 Å². The first-order valence-electron chi connectivity index (χ1n) is 9.10. The van der Waals surface area contributed by atoms with Crippen LogP contribution in [-0.2, 0) is 6.67 Å². The Bertz CT molecular complexity index is 1400.